The standard InChI is InChI=1S/C20H17ClN4S/c1-25(12-9-14-7-10-22-11-8-14)18-17-16(15-5-3-2-4-6-15)13-26-19(17)24-20(21)23-18/h2-8,10-11,13H,9,12H2,1H3. The van der Waals surface area contributed by atoms with Gasteiger partial charge in [-0.05, 0) is 41.3 Å². The van der Waals surface area contributed by atoms with Crippen molar-refractivity contribution in [3.8, 4) is 11.1 Å². The third kappa shape index (κ3) is 3.41. The van der Waals surface area contributed by atoms with Crippen LogP contribution < -0.4 is 4.90 Å². The molecule has 0 bridgehead atoms. The smallest absolute Gasteiger partial charge is 0.225 e. The Morgan fingerprint density at radius 1 is 1.04 bits per heavy atom. The molecule has 4 nitrogen and oxygen atoms in total. The fourth-order valence-corrected chi connectivity index (χ4v) is 4.11. The molecule has 0 saturated carbocycles. The Kier molecular flexibility index (Phi) is 4.82. The number of rotatable bonds is 5. The summed E-state index contributed by atoms with van der Waals surface area (Å²) < 4.78 is 0. The van der Waals surface area contributed by atoms with Gasteiger partial charge >= 0.3 is 0 Å². The van der Waals surface area contributed by atoms with E-state index >= 15 is 0 Å². The number of likely N-dealkylation sites (N-methyl/N-ethyl adjacent to an activating group) is 1. The molecule has 0 N–H and O–H groups in total. The van der Waals surface area contributed by atoms with Crippen molar-refractivity contribution in [2.24, 2.45) is 0 Å². The molecule has 130 valence electrons. The van der Waals surface area contributed by atoms with Gasteiger partial charge in [-0.3, -0.25) is 4.98 Å². The molecule has 0 fully saturated rings. The van der Waals surface area contributed by atoms with Gasteiger partial charge in [0.1, 0.15) is 10.6 Å². The fourth-order valence-electron chi connectivity index (χ4n) is 2.96. The molecule has 0 atom stereocenters. The van der Waals surface area contributed by atoms with E-state index in [4.69, 9.17) is 11.6 Å². The molecule has 0 amide bonds. The molecule has 6 heteroatoms. The van der Waals surface area contributed by atoms with E-state index in [1.54, 1.807) is 11.3 Å². The Morgan fingerprint density at radius 2 is 1.81 bits per heavy atom. The zero-order chi connectivity index (χ0) is 17.9. The molecule has 3 aromatic heterocycles. The van der Waals surface area contributed by atoms with Crippen LogP contribution in [0, 0.1) is 0 Å². The van der Waals surface area contributed by atoms with Crippen LogP contribution in [-0.4, -0.2) is 28.5 Å². The number of thiophene rings is 1. The van der Waals surface area contributed by atoms with Crippen LogP contribution in [0.3, 0.4) is 0 Å². The first-order valence-corrected chi connectivity index (χ1v) is 9.58. The third-order valence-electron chi connectivity index (χ3n) is 4.32. The SMILES string of the molecule is CN(CCc1ccncc1)c1nc(Cl)nc2scc(-c3ccccc3)c12. The Labute approximate surface area is 161 Å². The summed E-state index contributed by atoms with van der Waals surface area (Å²) in [4.78, 5) is 16.1. The average molecular weight is 381 g/mol. The monoisotopic (exact) mass is 380 g/mol. The van der Waals surface area contributed by atoms with Gasteiger partial charge in [-0.2, -0.15) is 4.98 Å². The average Bonchev–Trinajstić information content (AvgIpc) is 3.10. The van der Waals surface area contributed by atoms with Gasteiger partial charge in [-0.1, -0.05) is 30.3 Å². The van der Waals surface area contributed by atoms with Crippen molar-refractivity contribution in [2.45, 2.75) is 6.42 Å². The summed E-state index contributed by atoms with van der Waals surface area (Å²) in [7, 11) is 2.05. The largest absolute Gasteiger partial charge is 0.359 e. The van der Waals surface area contributed by atoms with Crippen LogP contribution in [0.2, 0.25) is 5.28 Å². The molecular formula is C20H17ClN4S. The minimum Gasteiger partial charge on any atom is -0.359 e. The van der Waals surface area contributed by atoms with Gasteiger partial charge in [0.2, 0.25) is 5.28 Å². The van der Waals surface area contributed by atoms with Crippen molar-refractivity contribution in [3.63, 3.8) is 0 Å². The summed E-state index contributed by atoms with van der Waals surface area (Å²) in [6, 6.07) is 14.4. The van der Waals surface area contributed by atoms with Crippen molar-refractivity contribution in [1.82, 2.24) is 15.0 Å². The van der Waals surface area contributed by atoms with Crippen molar-refractivity contribution in [3.05, 3.63) is 71.1 Å². The number of fused-ring (bicyclic) bond motifs is 1. The van der Waals surface area contributed by atoms with Crippen LogP contribution in [0.4, 0.5) is 5.82 Å². The van der Waals surface area contributed by atoms with Gasteiger partial charge in [0.15, 0.2) is 0 Å². The molecule has 26 heavy (non-hydrogen) atoms. The van der Waals surface area contributed by atoms with Crippen molar-refractivity contribution in [1.29, 1.82) is 0 Å². The number of benzene rings is 1. The van der Waals surface area contributed by atoms with Crippen LogP contribution >= 0.6 is 22.9 Å². The summed E-state index contributed by atoms with van der Waals surface area (Å²) >= 11 is 7.79. The first-order valence-electron chi connectivity index (χ1n) is 8.32. The summed E-state index contributed by atoms with van der Waals surface area (Å²) in [5.41, 5.74) is 3.55. The maximum absolute atomic E-state index is 6.19. The molecule has 0 aliphatic carbocycles. The lowest BCUT2D eigenvalue weighted by Crippen LogP contribution is -2.22. The van der Waals surface area contributed by atoms with E-state index in [0.717, 1.165) is 40.1 Å². The fraction of sp³-hybridized carbons (Fsp3) is 0.150. The van der Waals surface area contributed by atoms with Gasteiger partial charge < -0.3 is 4.90 Å². The lowest BCUT2D eigenvalue weighted by atomic mass is 10.1. The zero-order valence-electron chi connectivity index (χ0n) is 14.3. The number of hydrogen-bond donors (Lipinski definition) is 0. The predicted octanol–water partition coefficient (Wildman–Crippen LogP) is 5.09. The predicted molar refractivity (Wildman–Crippen MR) is 109 cm³/mol. The maximum Gasteiger partial charge on any atom is 0.225 e. The van der Waals surface area contributed by atoms with Crippen molar-refractivity contribution < 1.29 is 0 Å². The summed E-state index contributed by atoms with van der Waals surface area (Å²) in [6.45, 7) is 0.830. The number of pyridine rings is 1. The third-order valence-corrected chi connectivity index (χ3v) is 5.36. The lowest BCUT2D eigenvalue weighted by Gasteiger charge is -2.20. The van der Waals surface area contributed by atoms with Gasteiger partial charge in [0.25, 0.3) is 0 Å². The highest BCUT2D eigenvalue weighted by Crippen LogP contribution is 2.38. The van der Waals surface area contributed by atoms with E-state index in [1.165, 1.54) is 5.56 Å². The van der Waals surface area contributed by atoms with E-state index in [2.05, 4.69) is 37.4 Å². The second kappa shape index (κ2) is 7.40. The number of anilines is 1. The van der Waals surface area contributed by atoms with E-state index in [-0.39, 0.29) is 5.28 Å². The Bertz CT molecular complexity index is 1020. The van der Waals surface area contributed by atoms with E-state index in [9.17, 15) is 0 Å². The molecular weight excluding hydrogens is 364 g/mol. The van der Waals surface area contributed by atoms with Crippen molar-refractivity contribution in [2.75, 3.05) is 18.5 Å². The van der Waals surface area contributed by atoms with E-state index < -0.39 is 0 Å². The van der Waals surface area contributed by atoms with Crippen LogP contribution in [0.5, 0.6) is 0 Å². The number of aromatic nitrogens is 3. The first kappa shape index (κ1) is 16.9. The number of halogens is 1. The Hall–Kier alpha value is -2.50. The summed E-state index contributed by atoms with van der Waals surface area (Å²) in [6.07, 6.45) is 4.55. The lowest BCUT2D eigenvalue weighted by molar-refractivity contribution is 0.861. The number of nitrogens with zero attached hydrogens (tertiary/aromatic N) is 4. The van der Waals surface area contributed by atoms with Gasteiger partial charge in [0, 0.05) is 36.9 Å². The van der Waals surface area contributed by atoms with Gasteiger partial charge in [-0.15, -0.1) is 11.3 Å². The molecule has 3 heterocycles. The first-order chi connectivity index (χ1) is 12.7. The second-order valence-electron chi connectivity index (χ2n) is 6.04. The molecule has 0 aliphatic heterocycles. The van der Waals surface area contributed by atoms with Crippen LogP contribution in [0.1, 0.15) is 5.56 Å². The highest BCUT2D eigenvalue weighted by molar-refractivity contribution is 7.17. The van der Waals surface area contributed by atoms with E-state index in [1.807, 2.05) is 49.8 Å². The molecule has 4 rings (SSSR count). The minimum absolute atomic E-state index is 0.282. The molecule has 0 saturated heterocycles. The molecule has 0 spiro atoms. The highest BCUT2D eigenvalue weighted by atomic mass is 35.5. The topological polar surface area (TPSA) is 41.9 Å². The molecule has 0 radical (unpaired) electrons. The van der Waals surface area contributed by atoms with Crippen LogP contribution in [-0.2, 0) is 6.42 Å². The normalized spacial score (nSPS) is 11.0. The molecule has 0 aliphatic rings. The highest BCUT2D eigenvalue weighted by Gasteiger charge is 2.17. The molecule has 0 unspecified atom stereocenters. The Balaban J connectivity index is 1.72. The molecule has 1 aromatic carbocycles. The molecule has 4 aromatic rings. The van der Waals surface area contributed by atoms with Crippen molar-refractivity contribution >= 4 is 39.0 Å². The minimum atomic E-state index is 0.282. The Morgan fingerprint density at radius 3 is 2.58 bits per heavy atom. The number of hydrogen-bond acceptors (Lipinski definition) is 5. The van der Waals surface area contributed by atoms with Crippen LogP contribution in [0.15, 0.2) is 60.2 Å². The maximum atomic E-state index is 6.19. The quantitative estimate of drug-likeness (QED) is 0.452. The summed E-state index contributed by atoms with van der Waals surface area (Å²) in [5, 5.41) is 3.47. The van der Waals surface area contributed by atoms with Gasteiger partial charge in [-0.25, -0.2) is 4.98 Å². The van der Waals surface area contributed by atoms with Gasteiger partial charge in [0.05, 0.1) is 5.39 Å². The zero-order valence-corrected chi connectivity index (χ0v) is 15.8. The second-order valence-corrected chi connectivity index (χ2v) is 7.23. The van der Waals surface area contributed by atoms with Crippen LogP contribution in [0.25, 0.3) is 21.3 Å². The van der Waals surface area contributed by atoms with E-state index in [0.29, 0.717) is 0 Å². The summed E-state index contributed by atoms with van der Waals surface area (Å²) in [5.74, 6) is 0.870.